The van der Waals surface area contributed by atoms with Crippen molar-refractivity contribution in [1.82, 2.24) is 10.2 Å². The molecule has 122 valence electrons. The van der Waals surface area contributed by atoms with Crippen LogP contribution in [0.3, 0.4) is 0 Å². The average molecular weight is 314 g/mol. The molecule has 2 fully saturated rings. The van der Waals surface area contributed by atoms with Crippen LogP contribution in [0.4, 0.5) is 4.79 Å². The van der Waals surface area contributed by atoms with E-state index >= 15 is 0 Å². The van der Waals surface area contributed by atoms with Crippen molar-refractivity contribution in [2.75, 3.05) is 31.1 Å². The number of carbonyl (C=O) groups excluding carboxylic acids is 1. The maximum atomic E-state index is 12.0. The molecule has 2 heterocycles. The molecule has 1 atom stereocenters. The minimum atomic E-state index is -0.395. The molecule has 1 N–H and O–H groups in total. The minimum absolute atomic E-state index is 0.155. The summed E-state index contributed by atoms with van der Waals surface area (Å²) in [5.74, 6) is 3.29. The van der Waals surface area contributed by atoms with Crippen LogP contribution in [0.15, 0.2) is 0 Å². The molecule has 2 saturated heterocycles. The molecular formula is C16H30N2O2S. The molecule has 1 amide bonds. The van der Waals surface area contributed by atoms with E-state index in [1.54, 1.807) is 0 Å². The van der Waals surface area contributed by atoms with Crippen molar-refractivity contribution in [3.63, 3.8) is 0 Å². The maximum absolute atomic E-state index is 12.0. The quantitative estimate of drug-likeness (QED) is 0.869. The molecule has 0 aromatic heterocycles. The molecule has 2 rings (SSSR count). The molecule has 0 saturated carbocycles. The zero-order valence-electron chi connectivity index (χ0n) is 13.7. The molecule has 0 aliphatic carbocycles. The Morgan fingerprint density at radius 2 is 2.00 bits per heavy atom. The molecule has 0 aromatic rings. The van der Waals surface area contributed by atoms with E-state index in [9.17, 15) is 4.79 Å². The van der Waals surface area contributed by atoms with Gasteiger partial charge in [-0.3, -0.25) is 0 Å². The van der Waals surface area contributed by atoms with Crippen LogP contribution in [0.1, 0.15) is 46.5 Å². The Kier molecular flexibility index (Phi) is 6.23. The highest BCUT2D eigenvalue weighted by atomic mass is 32.2. The van der Waals surface area contributed by atoms with Gasteiger partial charge in [0.1, 0.15) is 5.60 Å². The fourth-order valence-electron chi connectivity index (χ4n) is 2.88. The molecule has 21 heavy (non-hydrogen) atoms. The number of piperidine rings is 1. The Morgan fingerprint density at radius 3 is 2.57 bits per heavy atom. The number of nitrogens with zero attached hydrogens (tertiary/aromatic N) is 1. The molecule has 0 aromatic carbocycles. The number of carbonyl (C=O) groups is 1. The van der Waals surface area contributed by atoms with Gasteiger partial charge in [-0.25, -0.2) is 4.79 Å². The number of ether oxygens (including phenoxy) is 1. The first kappa shape index (κ1) is 16.9. The standard InChI is InChI=1S/C16H30N2O2S/c1-16(2,3)20-15(19)18-8-6-13(7-9-18)11-17-14-5-4-10-21-12-14/h13-14,17H,4-12H2,1-3H3. The number of nitrogens with one attached hydrogen (secondary N) is 1. The Balaban J connectivity index is 1.64. The number of hydrogen-bond acceptors (Lipinski definition) is 4. The number of rotatable bonds is 3. The third kappa shape index (κ3) is 6.07. The van der Waals surface area contributed by atoms with Gasteiger partial charge >= 0.3 is 6.09 Å². The van der Waals surface area contributed by atoms with Gasteiger partial charge in [0.15, 0.2) is 0 Å². The van der Waals surface area contributed by atoms with Gasteiger partial charge in [0.2, 0.25) is 0 Å². The summed E-state index contributed by atoms with van der Waals surface area (Å²) in [6.07, 6.45) is 4.69. The molecule has 0 radical (unpaired) electrons. The van der Waals surface area contributed by atoms with Gasteiger partial charge in [-0.15, -0.1) is 0 Å². The van der Waals surface area contributed by atoms with Crippen molar-refractivity contribution >= 4 is 17.9 Å². The van der Waals surface area contributed by atoms with Crippen LogP contribution in [-0.4, -0.2) is 53.8 Å². The molecule has 2 aliphatic rings. The maximum Gasteiger partial charge on any atom is 0.410 e. The summed E-state index contributed by atoms with van der Waals surface area (Å²) in [4.78, 5) is 13.9. The first-order valence-corrected chi connectivity index (χ1v) is 9.38. The summed E-state index contributed by atoms with van der Waals surface area (Å²) in [6.45, 7) is 8.53. The van der Waals surface area contributed by atoms with Crippen molar-refractivity contribution in [1.29, 1.82) is 0 Å². The van der Waals surface area contributed by atoms with Gasteiger partial charge in [0, 0.05) is 24.9 Å². The SMILES string of the molecule is CC(C)(C)OC(=O)N1CCC(CNC2CCCSC2)CC1. The van der Waals surface area contributed by atoms with E-state index in [4.69, 9.17) is 4.74 Å². The lowest BCUT2D eigenvalue weighted by atomic mass is 9.96. The van der Waals surface area contributed by atoms with Gasteiger partial charge in [-0.1, -0.05) is 0 Å². The largest absolute Gasteiger partial charge is 0.444 e. The van der Waals surface area contributed by atoms with Crippen molar-refractivity contribution in [3.05, 3.63) is 0 Å². The highest BCUT2D eigenvalue weighted by molar-refractivity contribution is 7.99. The molecular weight excluding hydrogens is 284 g/mol. The van der Waals surface area contributed by atoms with Gasteiger partial charge < -0.3 is 15.0 Å². The zero-order valence-corrected chi connectivity index (χ0v) is 14.5. The predicted octanol–water partition coefficient (Wildman–Crippen LogP) is 3.12. The van der Waals surface area contributed by atoms with E-state index in [1.165, 1.54) is 24.3 Å². The first-order chi connectivity index (χ1) is 9.94. The summed E-state index contributed by atoms with van der Waals surface area (Å²) < 4.78 is 5.44. The van der Waals surface area contributed by atoms with Crippen LogP contribution in [-0.2, 0) is 4.74 Å². The summed E-state index contributed by atoms with van der Waals surface area (Å²) in [5.41, 5.74) is -0.395. The van der Waals surface area contributed by atoms with Crippen LogP contribution in [0.2, 0.25) is 0 Å². The monoisotopic (exact) mass is 314 g/mol. The lowest BCUT2D eigenvalue weighted by molar-refractivity contribution is 0.0183. The summed E-state index contributed by atoms with van der Waals surface area (Å²) in [5, 5.41) is 3.72. The Morgan fingerprint density at radius 1 is 1.29 bits per heavy atom. The van der Waals surface area contributed by atoms with Crippen molar-refractivity contribution in [2.24, 2.45) is 5.92 Å². The average Bonchev–Trinajstić information content (AvgIpc) is 2.45. The smallest absolute Gasteiger partial charge is 0.410 e. The summed E-state index contributed by atoms with van der Waals surface area (Å²) in [6, 6.07) is 0.702. The highest BCUT2D eigenvalue weighted by Gasteiger charge is 2.27. The zero-order chi connectivity index (χ0) is 15.3. The fraction of sp³-hybridized carbons (Fsp3) is 0.938. The van der Waals surface area contributed by atoms with Crippen LogP contribution in [0.5, 0.6) is 0 Å². The van der Waals surface area contributed by atoms with Crippen molar-refractivity contribution < 1.29 is 9.53 Å². The summed E-state index contributed by atoms with van der Waals surface area (Å²) >= 11 is 2.07. The van der Waals surface area contributed by atoms with E-state index < -0.39 is 5.60 Å². The topological polar surface area (TPSA) is 41.6 Å². The van der Waals surface area contributed by atoms with Crippen molar-refractivity contribution in [2.45, 2.75) is 58.1 Å². The van der Waals surface area contributed by atoms with Gasteiger partial charge in [-0.2, -0.15) is 11.8 Å². The van der Waals surface area contributed by atoms with Crippen molar-refractivity contribution in [3.8, 4) is 0 Å². The normalized spacial score (nSPS) is 24.9. The second-order valence-corrected chi connectivity index (χ2v) is 8.38. The Bertz CT molecular complexity index is 330. The number of likely N-dealkylation sites (tertiary alicyclic amines) is 1. The van der Waals surface area contributed by atoms with Crippen LogP contribution in [0.25, 0.3) is 0 Å². The van der Waals surface area contributed by atoms with Gasteiger partial charge in [-0.05, 0) is 64.7 Å². The van der Waals surface area contributed by atoms with Crippen LogP contribution in [0, 0.1) is 5.92 Å². The lowest BCUT2D eigenvalue weighted by Gasteiger charge is -2.34. The fourth-order valence-corrected chi connectivity index (χ4v) is 3.99. The van der Waals surface area contributed by atoms with E-state index in [0.29, 0.717) is 12.0 Å². The Labute approximate surface area is 133 Å². The van der Waals surface area contributed by atoms with Crippen LogP contribution >= 0.6 is 11.8 Å². The lowest BCUT2D eigenvalue weighted by Crippen LogP contribution is -2.44. The Hall–Kier alpha value is -0.420. The predicted molar refractivity (Wildman–Crippen MR) is 88.9 cm³/mol. The number of hydrogen-bond donors (Lipinski definition) is 1. The molecule has 0 spiro atoms. The van der Waals surface area contributed by atoms with E-state index in [-0.39, 0.29) is 6.09 Å². The second kappa shape index (κ2) is 7.73. The third-order valence-electron chi connectivity index (χ3n) is 4.12. The molecule has 5 heteroatoms. The molecule has 1 unspecified atom stereocenters. The van der Waals surface area contributed by atoms with Gasteiger partial charge in [0.05, 0.1) is 0 Å². The highest BCUT2D eigenvalue weighted by Crippen LogP contribution is 2.21. The summed E-state index contributed by atoms with van der Waals surface area (Å²) in [7, 11) is 0. The second-order valence-electron chi connectivity index (χ2n) is 7.23. The van der Waals surface area contributed by atoms with E-state index in [0.717, 1.165) is 32.5 Å². The molecule has 2 aliphatic heterocycles. The van der Waals surface area contributed by atoms with Crippen LogP contribution < -0.4 is 5.32 Å². The number of thioether (sulfide) groups is 1. The molecule has 0 bridgehead atoms. The third-order valence-corrected chi connectivity index (χ3v) is 5.34. The number of amides is 1. The minimum Gasteiger partial charge on any atom is -0.444 e. The molecule has 4 nitrogen and oxygen atoms in total. The van der Waals surface area contributed by atoms with E-state index in [1.807, 2.05) is 25.7 Å². The first-order valence-electron chi connectivity index (χ1n) is 8.23. The van der Waals surface area contributed by atoms with Gasteiger partial charge in [0.25, 0.3) is 0 Å². The van der Waals surface area contributed by atoms with E-state index in [2.05, 4.69) is 17.1 Å².